The molecule has 2 rings (SSSR count). The molecule has 0 aromatic carbocycles. The third-order valence-electron chi connectivity index (χ3n) is 3.80. The standard InChI is InChI=1S/C14H23N3O/c1-17(11-7-5-3-4-6-8-11)14-12(15)9-10-13(16-14)18-2/h9-11H,3-8,15H2,1-2H3. The fourth-order valence-corrected chi connectivity index (χ4v) is 2.66. The Hall–Kier alpha value is -1.45. The van der Waals surface area contributed by atoms with Gasteiger partial charge in [-0.2, -0.15) is 4.98 Å². The summed E-state index contributed by atoms with van der Waals surface area (Å²) in [4.78, 5) is 6.70. The minimum atomic E-state index is 0.550. The topological polar surface area (TPSA) is 51.4 Å². The molecule has 0 spiro atoms. The van der Waals surface area contributed by atoms with E-state index in [1.807, 2.05) is 6.07 Å². The zero-order valence-corrected chi connectivity index (χ0v) is 11.4. The Balaban J connectivity index is 2.18. The van der Waals surface area contributed by atoms with Crippen LogP contribution in [-0.4, -0.2) is 25.2 Å². The molecule has 0 aliphatic heterocycles. The molecule has 0 amide bonds. The third kappa shape index (κ3) is 2.86. The highest BCUT2D eigenvalue weighted by Crippen LogP contribution is 2.29. The fourth-order valence-electron chi connectivity index (χ4n) is 2.66. The first-order valence-corrected chi connectivity index (χ1v) is 6.75. The van der Waals surface area contributed by atoms with E-state index in [4.69, 9.17) is 10.5 Å². The minimum Gasteiger partial charge on any atom is -0.481 e. The average molecular weight is 249 g/mol. The summed E-state index contributed by atoms with van der Waals surface area (Å²) in [6.45, 7) is 0. The van der Waals surface area contributed by atoms with Crippen LogP contribution in [0.2, 0.25) is 0 Å². The van der Waals surface area contributed by atoms with Crippen molar-refractivity contribution in [3.8, 4) is 5.88 Å². The van der Waals surface area contributed by atoms with Crippen molar-refractivity contribution < 1.29 is 4.74 Å². The van der Waals surface area contributed by atoms with Gasteiger partial charge in [0.25, 0.3) is 0 Å². The molecule has 0 atom stereocenters. The molecule has 0 unspecified atom stereocenters. The largest absolute Gasteiger partial charge is 0.481 e. The normalized spacial score (nSPS) is 17.2. The summed E-state index contributed by atoms with van der Waals surface area (Å²) >= 11 is 0. The van der Waals surface area contributed by atoms with Crippen molar-refractivity contribution in [3.05, 3.63) is 12.1 Å². The van der Waals surface area contributed by atoms with E-state index < -0.39 is 0 Å². The number of hydrogen-bond donors (Lipinski definition) is 1. The Bertz CT molecular complexity index is 387. The summed E-state index contributed by atoms with van der Waals surface area (Å²) in [5, 5.41) is 0. The summed E-state index contributed by atoms with van der Waals surface area (Å²) in [5.41, 5.74) is 6.76. The molecule has 1 saturated carbocycles. The number of nitrogen functional groups attached to an aromatic ring is 1. The highest BCUT2D eigenvalue weighted by Gasteiger charge is 2.20. The summed E-state index contributed by atoms with van der Waals surface area (Å²) in [5.74, 6) is 1.47. The summed E-state index contributed by atoms with van der Waals surface area (Å²) < 4.78 is 5.18. The molecule has 100 valence electrons. The lowest BCUT2D eigenvalue weighted by Gasteiger charge is -2.29. The molecule has 0 radical (unpaired) electrons. The Morgan fingerprint density at radius 1 is 1.22 bits per heavy atom. The van der Waals surface area contributed by atoms with E-state index in [-0.39, 0.29) is 0 Å². The number of nitrogens with two attached hydrogens (primary N) is 1. The van der Waals surface area contributed by atoms with Crippen molar-refractivity contribution >= 4 is 11.5 Å². The smallest absolute Gasteiger partial charge is 0.215 e. The SMILES string of the molecule is COc1ccc(N)c(N(C)C2CCCCCC2)n1. The molecule has 1 aliphatic rings. The Morgan fingerprint density at radius 3 is 2.50 bits per heavy atom. The molecule has 1 heterocycles. The second kappa shape index (κ2) is 5.94. The van der Waals surface area contributed by atoms with Crippen molar-refractivity contribution in [2.45, 2.75) is 44.6 Å². The number of rotatable bonds is 3. The minimum absolute atomic E-state index is 0.550. The number of nitrogens with zero attached hydrogens (tertiary/aromatic N) is 2. The predicted octanol–water partition coefficient (Wildman–Crippen LogP) is 2.83. The van der Waals surface area contributed by atoms with E-state index in [2.05, 4.69) is 16.9 Å². The van der Waals surface area contributed by atoms with Crippen molar-refractivity contribution in [2.75, 3.05) is 24.8 Å². The van der Waals surface area contributed by atoms with Crippen LogP contribution in [0.4, 0.5) is 11.5 Å². The first-order valence-electron chi connectivity index (χ1n) is 6.75. The summed E-state index contributed by atoms with van der Waals surface area (Å²) in [7, 11) is 3.72. The van der Waals surface area contributed by atoms with Gasteiger partial charge in [0.05, 0.1) is 12.8 Å². The van der Waals surface area contributed by atoms with Gasteiger partial charge in [-0.3, -0.25) is 0 Å². The molecule has 4 heteroatoms. The molecule has 1 aliphatic carbocycles. The lowest BCUT2D eigenvalue weighted by atomic mass is 10.1. The molecule has 1 fully saturated rings. The van der Waals surface area contributed by atoms with Gasteiger partial charge in [-0.25, -0.2) is 0 Å². The zero-order valence-electron chi connectivity index (χ0n) is 11.4. The van der Waals surface area contributed by atoms with Crippen molar-refractivity contribution in [1.29, 1.82) is 0 Å². The van der Waals surface area contributed by atoms with Crippen molar-refractivity contribution in [3.63, 3.8) is 0 Å². The van der Waals surface area contributed by atoms with E-state index in [9.17, 15) is 0 Å². The van der Waals surface area contributed by atoms with Crippen LogP contribution in [0.15, 0.2) is 12.1 Å². The van der Waals surface area contributed by atoms with Crippen LogP contribution in [0.1, 0.15) is 38.5 Å². The number of anilines is 2. The molecular formula is C14H23N3O. The maximum Gasteiger partial charge on any atom is 0.215 e. The maximum absolute atomic E-state index is 6.03. The van der Waals surface area contributed by atoms with E-state index in [0.29, 0.717) is 11.9 Å². The van der Waals surface area contributed by atoms with Gasteiger partial charge < -0.3 is 15.4 Å². The van der Waals surface area contributed by atoms with Crippen LogP contribution in [0, 0.1) is 0 Å². The lowest BCUT2D eigenvalue weighted by molar-refractivity contribution is 0.397. The van der Waals surface area contributed by atoms with Crippen molar-refractivity contribution in [2.24, 2.45) is 0 Å². The summed E-state index contributed by atoms with van der Waals surface area (Å²) in [6, 6.07) is 4.23. The van der Waals surface area contributed by atoms with Gasteiger partial charge in [0.2, 0.25) is 5.88 Å². The van der Waals surface area contributed by atoms with Crippen LogP contribution in [0.3, 0.4) is 0 Å². The lowest BCUT2D eigenvalue weighted by Crippen LogP contribution is -2.32. The van der Waals surface area contributed by atoms with Gasteiger partial charge in [0.1, 0.15) is 0 Å². The van der Waals surface area contributed by atoms with Gasteiger partial charge in [-0.1, -0.05) is 25.7 Å². The molecule has 4 nitrogen and oxygen atoms in total. The van der Waals surface area contributed by atoms with E-state index >= 15 is 0 Å². The molecular weight excluding hydrogens is 226 g/mol. The van der Waals surface area contributed by atoms with Crippen LogP contribution in [-0.2, 0) is 0 Å². The van der Waals surface area contributed by atoms with Gasteiger partial charge in [0.15, 0.2) is 5.82 Å². The zero-order chi connectivity index (χ0) is 13.0. The second-order valence-corrected chi connectivity index (χ2v) is 5.02. The summed E-state index contributed by atoms with van der Waals surface area (Å²) in [6.07, 6.45) is 7.78. The van der Waals surface area contributed by atoms with E-state index in [1.54, 1.807) is 13.2 Å². The Labute approximate surface area is 109 Å². The first-order chi connectivity index (χ1) is 8.72. The molecule has 18 heavy (non-hydrogen) atoms. The fraction of sp³-hybridized carbons (Fsp3) is 0.643. The van der Waals surface area contributed by atoms with Gasteiger partial charge >= 0.3 is 0 Å². The quantitative estimate of drug-likeness (QED) is 0.837. The van der Waals surface area contributed by atoms with Gasteiger partial charge in [-0.05, 0) is 18.9 Å². The van der Waals surface area contributed by atoms with Crippen LogP contribution in [0.5, 0.6) is 5.88 Å². The third-order valence-corrected chi connectivity index (χ3v) is 3.80. The molecule has 2 N–H and O–H groups in total. The van der Waals surface area contributed by atoms with Crippen molar-refractivity contribution in [1.82, 2.24) is 4.98 Å². The van der Waals surface area contributed by atoms with Crippen LogP contribution in [0.25, 0.3) is 0 Å². The van der Waals surface area contributed by atoms with Gasteiger partial charge in [-0.15, -0.1) is 0 Å². The first kappa shape index (κ1) is 13.0. The number of hydrogen-bond acceptors (Lipinski definition) is 4. The maximum atomic E-state index is 6.03. The Kier molecular flexibility index (Phi) is 4.28. The Morgan fingerprint density at radius 2 is 1.89 bits per heavy atom. The second-order valence-electron chi connectivity index (χ2n) is 5.02. The highest BCUT2D eigenvalue weighted by atomic mass is 16.5. The predicted molar refractivity (Wildman–Crippen MR) is 75.1 cm³/mol. The number of ether oxygens (including phenoxy) is 1. The molecule has 1 aromatic rings. The highest BCUT2D eigenvalue weighted by molar-refractivity contribution is 5.63. The number of methoxy groups -OCH3 is 1. The van der Waals surface area contributed by atoms with E-state index in [1.165, 1.54) is 38.5 Å². The molecule has 1 aromatic heterocycles. The average Bonchev–Trinajstić information content (AvgIpc) is 2.67. The molecule has 0 bridgehead atoms. The number of pyridine rings is 1. The van der Waals surface area contributed by atoms with Crippen LogP contribution >= 0.6 is 0 Å². The molecule has 0 saturated heterocycles. The number of aromatic nitrogens is 1. The van der Waals surface area contributed by atoms with E-state index in [0.717, 1.165) is 11.5 Å². The van der Waals surface area contributed by atoms with Gasteiger partial charge in [0, 0.05) is 19.2 Å². The monoisotopic (exact) mass is 249 g/mol. The van der Waals surface area contributed by atoms with Crippen LogP contribution < -0.4 is 15.4 Å².